The maximum absolute atomic E-state index is 12.8. The number of fused-ring (bicyclic) bond motifs is 4. The lowest BCUT2D eigenvalue weighted by Crippen LogP contribution is -2.41. The summed E-state index contributed by atoms with van der Waals surface area (Å²) in [5, 5.41) is 0.532. The number of hydrogen-bond donors (Lipinski definition) is 2. The number of halogens is 1. The van der Waals surface area contributed by atoms with Crippen molar-refractivity contribution in [2.45, 2.75) is 65.2 Å². The number of hydrogen-bond acceptors (Lipinski definition) is 9. The molecule has 10 heteroatoms. The van der Waals surface area contributed by atoms with Crippen LogP contribution in [-0.2, 0) is 29.0 Å². The number of esters is 2. The zero-order valence-corrected chi connectivity index (χ0v) is 24.1. The Morgan fingerprint density at radius 1 is 0.897 bits per heavy atom. The minimum Gasteiger partial charge on any atom is -0.493 e. The van der Waals surface area contributed by atoms with Gasteiger partial charge in [0.1, 0.15) is 12.1 Å². The van der Waals surface area contributed by atoms with E-state index in [0.29, 0.717) is 41.0 Å². The Kier molecular flexibility index (Phi) is 8.75. The van der Waals surface area contributed by atoms with Gasteiger partial charge in [0.2, 0.25) is 0 Å². The number of carbonyl (C=O) groups excluding carboxylic acids is 2. The van der Waals surface area contributed by atoms with Crippen molar-refractivity contribution in [2.75, 3.05) is 20.8 Å². The van der Waals surface area contributed by atoms with Crippen molar-refractivity contribution in [1.29, 1.82) is 0 Å². The predicted molar refractivity (Wildman–Crippen MR) is 148 cm³/mol. The topological polar surface area (TPSA) is 126 Å². The molecule has 2 aromatic carbocycles. The normalized spacial score (nSPS) is 18.1. The van der Waals surface area contributed by atoms with Crippen LogP contribution < -0.4 is 30.4 Å². The van der Waals surface area contributed by atoms with E-state index in [9.17, 15) is 9.59 Å². The highest BCUT2D eigenvalue weighted by Crippen LogP contribution is 2.48. The lowest BCUT2D eigenvalue weighted by molar-refractivity contribution is -0.137. The van der Waals surface area contributed by atoms with Gasteiger partial charge >= 0.3 is 11.9 Å². The SMILES string of the molecule is COc1cc2c(cc1OC(=O)[C@@H](N)C(C)C)C1Cc3c(Cl)cc(OC)c(OC(=O)[C@@H](N)C(C)C)c3CN1CC2. The van der Waals surface area contributed by atoms with Gasteiger partial charge in [0.25, 0.3) is 0 Å². The standard InChI is InChI=1S/C29H38ClN3O6/c1-14(2)25(31)28(34)38-23-11-17-16(9-22(23)36-5)7-8-33-13-19-18(10-21(17)33)20(30)12-24(37-6)27(19)39-29(35)26(32)15(3)4/h9,11-12,14-15,21,25-26H,7-8,10,13,31-32H2,1-6H3/t21?,25-,26-/m0/s1. The third-order valence-corrected chi connectivity index (χ3v) is 8.01. The van der Waals surface area contributed by atoms with Crippen LogP contribution in [-0.4, -0.2) is 49.7 Å². The number of methoxy groups -OCH3 is 2. The fourth-order valence-electron chi connectivity index (χ4n) is 5.06. The summed E-state index contributed by atoms with van der Waals surface area (Å²) in [7, 11) is 3.07. The third kappa shape index (κ3) is 5.72. The van der Waals surface area contributed by atoms with E-state index in [4.69, 9.17) is 42.0 Å². The molecule has 0 amide bonds. The molecule has 0 radical (unpaired) electrons. The molecule has 0 aliphatic carbocycles. The van der Waals surface area contributed by atoms with E-state index in [1.54, 1.807) is 13.2 Å². The van der Waals surface area contributed by atoms with Crippen LogP contribution in [0.4, 0.5) is 0 Å². The molecule has 0 fully saturated rings. The molecule has 0 saturated carbocycles. The highest BCUT2D eigenvalue weighted by Gasteiger charge is 2.37. The van der Waals surface area contributed by atoms with Gasteiger partial charge in [-0.2, -0.15) is 0 Å². The quantitative estimate of drug-likeness (QED) is 0.367. The molecule has 0 bridgehead atoms. The fourth-order valence-corrected chi connectivity index (χ4v) is 5.35. The first-order valence-electron chi connectivity index (χ1n) is 13.2. The molecule has 3 atom stereocenters. The molecular formula is C29H38ClN3O6. The van der Waals surface area contributed by atoms with Crippen molar-refractivity contribution in [3.05, 3.63) is 45.5 Å². The second-order valence-corrected chi connectivity index (χ2v) is 11.3. The zero-order chi connectivity index (χ0) is 28.6. The second-order valence-electron chi connectivity index (χ2n) is 10.9. The van der Waals surface area contributed by atoms with Crippen LogP contribution in [0.1, 0.15) is 56.0 Å². The van der Waals surface area contributed by atoms with Crippen LogP contribution in [0.2, 0.25) is 5.02 Å². The highest BCUT2D eigenvalue weighted by atomic mass is 35.5. The second kappa shape index (κ2) is 11.7. The van der Waals surface area contributed by atoms with Crippen LogP contribution >= 0.6 is 11.6 Å². The Bertz CT molecular complexity index is 1260. The molecule has 2 aliphatic rings. The molecule has 1 unspecified atom stereocenters. The predicted octanol–water partition coefficient (Wildman–Crippen LogP) is 3.79. The fraction of sp³-hybridized carbons (Fsp3) is 0.517. The van der Waals surface area contributed by atoms with Gasteiger partial charge in [-0.1, -0.05) is 39.3 Å². The molecule has 0 saturated heterocycles. The molecule has 4 rings (SSSR count). The van der Waals surface area contributed by atoms with E-state index in [1.807, 2.05) is 39.8 Å². The maximum atomic E-state index is 12.8. The summed E-state index contributed by atoms with van der Waals surface area (Å²) in [6.45, 7) is 8.74. The monoisotopic (exact) mass is 559 g/mol. The molecule has 39 heavy (non-hydrogen) atoms. The first-order valence-corrected chi connectivity index (χ1v) is 13.6. The number of nitrogens with zero attached hydrogens (tertiary/aromatic N) is 1. The molecule has 212 valence electrons. The van der Waals surface area contributed by atoms with Gasteiger partial charge in [0.15, 0.2) is 23.0 Å². The molecule has 9 nitrogen and oxygen atoms in total. The van der Waals surface area contributed by atoms with Crippen LogP contribution in [0.3, 0.4) is 0 Å². The van der Waals surface area contributed by atoms with E-state index >= 15 is 0 Å². The molecular weight excluding hydrogens is 522 g/mol. The van der Waals surface area contributed by atoms with Gasteiger partial charge in [-0.15, -0.1) is 0 Å². The number of nitrogens with two attached hydrogens (primary N) is 2. The van der Waals surface area contributed by atoms with Crippen LogP contribution in [0, 0.1) is 11.8 Å². The highest BCUT2D eigenvalue weighted by molar-refractivity contribution is 6.31. The summed E-state index contributed by atoms with van der Waals surface area (Å²) < 4.78 is 22.6. The zero-order valence-electron chi connectivity index (χ0n) is 23.4. The first kappa shape index (κ1) is 29.1. The van der Waals surface area contributed by atoms with Crippen molar-refractivity contribution in [2.24, 2.45) is 23.3 Å². The van der Waals surface area contributed by atoms with E-state index in [-0.39, 0.29) is 17.9 Å². The first-order chi connectivity index (χ1) is 18.5. The minimum atomic E-state index is -0.765. The van der Waals surface area contributed by atoms with Crippen LogP contribution in [0.25, 0.3) is 0 Å². The van der Waals surface area contributed by atoms with Gasteiger partial charge in [-0.05, 0) is 53.5 Å². The number of rotatable bonds is 8. The molecule has 0 aromatic heterocycles. The smallest absolute Gasteiger partial charge is 0.328 e. The summed E-state index contributed by atoms with van der Waals surface area (Å²) in [5.41, 5.74) is 15.9. The third-order valence-electron chi connectivity index (χ3n) is 7.67. The largest absolute Gasteiger partial charge is 0.493 e. The van der Waals surface area contributed by atoms with E-state index in [0.717, 1.165) is 35.2 Å². The average Bonchev–Trinajstić information content (AvgIpc) is 2.91. The van der Waals surface area contributed by atoms with Gasteiger partial charge in [-0.3, -0.25) is 4.90 Å². The summed E-state index contributed by atoms with van der Waals surface area (Å²) >= 11 is 6.75. The van der Waals surface area contributed by atoms with Crippen molar-refractivity contribution < 1.29 is 28.5 Å². The minimum absolute atomic E-state index is 0.0317. The average molecular weight is 560 g/mol. The number of ether oxygens (including phenoxy) is 4. The Morgan fingerprint density at radius 3 is 2.10 bits per heavy atom. The Balaban J connectivity index is 1.72. The van der Waals surface area contributed by atoms with Crippen LogP contribution in [0.5, 0.6) is 23.0 Å². The van der Waals surface area contributed by atoms with E-state index in [1.165, 1.54) is 7.11 Å². The van der Waals surface area contributed by atoms with E-state index < -0.39 is 24.0 Å². The van der Waals surface area contributed by atoms with Gasteiger partial charge in [0, 0.05) is 35.8 Å². The van der Waals surface area contributed by atoms with Crippen molar-refractivity contribution in [3.8, 4) is 23.0 Å². The van der Waals surface area contributed by atoms with Crippen molar-refractivity contribution >= 4 is 23.5 Å². The summed E-state index contributed by atoms with van der Waals surface area (Å²) in [6.07, 6.45) is 1.33. The summed E-state index contributed by atoms with van der Waals surface area (Å²) in [6, 6.07) is 3.94. The molecule has 2 heterocycles. The van der Waals surface area contributed by atoms with E-state index in [2.05, 4.69) is 4.90 Å². The van der Waals surface area contributed by atoms with Crippen molar-refractivity contribution in [3.63, 3.8) is 0 Å². The lowest BCUT2D eigenvalue weighted by atomic mass is 9.83. The maximum Gasteiger partial charge on any atom is 0.328 e. The van der Waals surface area contributed by atoms with Crippen molar-refractivity contribution in [1.82, 2.24) is 4.90 Å². The molecule has 4 N–H and O–H groups in total. The molecule has 2 aromatic rings. The number of benzene rings is 2. The molecule has 0 spiro atoms. The van der Waals surface area contributed by atoms with Crippen LogP contribution in [0.15, 0.2) is 18.2 Å². The summed E-state index contributed by atoms with van der Waals surface area (Å²) in [5.74, 6) is 0.398. The lowest BCUT2D eigenvalue weighted by Gasteiger charge is -2.42. The van der Waals surface area contributed by atoms with Gasteiger partial charge < -0.3 is 30.4 Å². The Hall–Kier alpha value is -2.85. The van der Waals surface area contributed by atoms with Gasteiger partial charge in [-0.25, -0.2) is 9.59 Å². The number of carbonyl (C=O) groups is 2. The Labute approximate surface area is 234 Å². The Morgan fingerprint density at radius 2 is 1.51 bits per heavy atom. The van der Waals surface area contributed by atoms with Gasteiger partial charge in [0.05, 0.1) is 14.2 Å². The summed E-state index contributed by atoms with van der Waals surface area (Å²) in [4.78, 5) is 27.8. The molecule has 2 aliphatic heterocycles.